The lowest BCUT2D eigenvalue weighted by Crippen LogP contribution is -2.14. The second kappa shape index (κ2) is 3.34. The molecule has 0 aliphatic heterocycles. The van der Waals surface area contributed by atoms with Crippen LogP contribution in [0.15, 0.2) is 23.2 Å². The zero-order valence-corrected chi connectivity index (χ0v) is 7.13. The van der Waals surface area contributed by atoms with E-state index in [0.29, 0.717) is 11.4 Å². The highest BCUT2D eigenvalue weighted by Crippen LogP contribution is 2.09. The van der Waals surface area contributed by atoms with Crippen LogP contribution in [-0.2, 0) is 0 Å². The largest absolute Gasteiger partial charge is 0.384 e. The summed E-state index contributed by atoms with van der Waals surface area (Å²) >= 11 is 0. The smallest absolute Gasteiger partial charge is 0.125 e. The highest BCUT2D eigenvalue weighted by atomic mass is 19.1. The molecule has 12 heavy (non-hydrogen) atoms. The first kappa shape index (κ1) is 8.71. The maximum atomic E-state index is 12.7. The summed E-state index contributed by atoms with van der Waals surface area (Å²) in [5, 5.41) is 0. The standard InChI is InChI=1S/C9H11FN2/c1-6-3-4-7(10)5-8(6)9(11)12-2/h3-5H,1-2H3,(H2,11,12). The van der Waals surface area contributed by atoms with Gasteiger partial charge in [-0.1, -0.05) is 6.07 Å². The van der Waals surface area contributed by atoms with Crippen molar-refractivity contribution in [3.63, 3.8) is 0 Å². The van der Waals surface area contributed by atoms with Crippen LogP contribution in [-0.4, -0.2) is 12.9 Å². The Labute approximate surface area is 70.9 Å². The number of hydrogen-bond donors (Lipinski definition) is 1. The van der Waals surface area contributed by atoms with Gasteiger partial charge in [-0.05, 0) is 24.6 Å². The van der Waals surface area contributed by atoms with Crippen LogP contribution in [0.5, 0.6) is 0 Å². The molecule has 0 bridgehead atoms. The fourth-order valence-electron chi connectivity index (χ4n) is 0.991. The van der Waals surface area contributed by atoms with Crippen LogP contribution >= 0.6 is 0 Å². The van der Waals surface area contributed by atoms with E-state index in [0.717, 1.165) is 5.56 Å². The Morgan fingerprint density at radius 3 is 2.75 bits per heavy atom. The van der Waals surface area contributed by atoms with Crippen LogP contribution in [0.1, 0.15) is 11.1 Å². The Balaban J connectivity index is 3.23. The third kappa shape index (κ3) is 1.61. The average molecular weight is 166 g/mol. The molecule has 0 saturated carbocycles. The van der Waals surface area contributed by atoms with E-state index in [4.69, 9.17) is 5.73 Å². The Hall–Kier alpha value is -1.38. The average Bonchev–Trinajstić information content (AvgIpc) is 2.08. The first-order chi connectivity index (χ1) is 5.65. The van der Waals surface area contributed by atoms with E-state index in [1.165, 1.54) is 12.1 Å². The topological polar surface area (TPSA) is 38.4 Å². The van der Waals surface area contributed by atoms with Crippen molar-refractivity contribution in [1.29, 1.82) is 0 Å². The van der Waals surface area contributed by atoms with E-state index >= 15 is 0 Å². The Kier molecular flexibility index (Phi) is 2.43. The quantitative estimate of drug-likeness (QED) is 0.498. The number of hydrogen-bond acceptors (Lipinski definition) is 1. The van der Waals surface area contributed by atoms with Crippen LogP contribution < -0.4 is 5.73 Å². The molecule has 0 radical (unpaired) electrons. The van der Waals surface area contributed by atoms with Crippen LogP contribution in [0.25, 0.3) is 0 Å². The fourth-order valence-corrected chi connectivity index (χ4v) is 0.991. The number of benzene rings is 1. The first-order valence-electron chi connectivity index (χ1n) is 3.64. The molecule has 2 N–H and O–H groups in total. The lowest BCUT2D eigenvalue weighted by molar-refractivity contribution is 0.627. The number of halogens is 1. The van der Waals surface area contributed by atoms with Gasteiger partial charge in [0, 0.05) is 12.6 Å². The molecule has 0 aromatic heterocycles. The first-order valence-corrected chi connectivity index (χ1v) is 3.64. The molecule has 1 rings (SSSR count). The van der Waals surface area contributed by atoms with Crippen LogP contribution in [0.2, 0.25) is 0 Å². The second-order valence-electron chi connectivity index (χ2n) is 2.57. The lowest BCUT2D eigenvalue weighted by atomic mass is 10.1. The second-order valence-corrected chi connectivity index (χ2v) is 2.57. The van der Waals surface area contributed by atoms with Gasteiger partial charge in [0.1, 0.15) is 11.7 Å². The van der Waals surface area contributed by atoms with Gasteiger partial charge >= 0.3 is 0 Å². The van der Waals surface area contributed by atoms with Crippen molar-refractivity contribution < 1.29 is 4.39 Å². The predicted octanol–water partition coefficient (Wildman–Crippen LogP) is 1.47. The monoisotopic (exact) mass is 166 g/mol. The van der Waals surface area contributed by atoms with Crippen LogP contribution in [0, 0.1) is 12.7 Å². The van der Waals surface area contributed by atoms with Gasteiger partial charge in [0.25, 0.3) is 0 Å². The van der Waals surface area contributed by atoms with Crippen LogP contribution in [0.4, 0.5) is 4.39 Å². The molecular weight excluding hydrogens is 155 g/mol. The summed E-state index contributed by atoms with van der Waals surface area (Å²) in [6.45, 7) is 1.87. The molecule has 2 nitrogen and oxygen atoms in total. The maximum absolute atomic E-state index is 12.7. The zero-order valence-electron chi connectivity index (χ0n) is 7.13. The molecule has 3 heteroatoms. The molecule has 0 amide bonds. The van der Waals surface area contributed by atoms with E-state index in [-0.39, 0.29) is 5.82 Å². The number of nitrogens with two attached hydrogens (primary N) is 1. The number of nitrogens with zero attached hydrogens (tertiary/aromatic N) is 1. The molecule has 0 aliphatic carbocycles. The Morgan fingerprint density at radius 2 is 2.17 bits per heavy atom. The molecular formula is C9H11FN2. The summed E-state index contributed by atoms with van der Waals surface area (Å²) in [5.41, 5.74) is 7.14. The molecule has 0 saturated heterocycles. The minimum Gasteiger partial charge on any atom is -0.384 e. The molecule has 64 valence electrons. The number of aliphatic imine (C=N–C) groups is 1. The summed E-state index contributed by atoms with van der Waals surface area (Å²) in [6.07, 6.45) is 0. The molecule has 1 aromatic rings. The van der Waals surface area contributed by atoms with Crippen molar-refractivity contribution in [3.05, 3.63) is 35.1 Å². The molecule has 0 fully saturated rings. The summed E-state index contributed by atoms with van der Waals surface area (Å²) in [4.78, 5) is 3.79. The van der Waals surface area contributed by atoms with Crippen molar-refractivity contribution in [2.24, 2.45) is 10.7 Å². The van der Waals surface area contributed by atoms with E-state index in [1.807, 2.05) is 6.92 Å². The van der Waals surface area contributed by atoms with Crippen molar-refractivity contribution >= 4 is 5.84 Å². The van der Waals surface area contributed by atoms with Gasteiger partial charge in [-0.2, -0.15) is 0 Å². The van der Waals surface area contributed by atoms with E-state index in [9.17, 15) is 4.39 Å². The van der Waals surface area contributed by atoms with E-state index in [1.54, 1.807) is 13.1 Å². The molecule has 0 heterocycles. The van der Waals surface area contributed by atoms with Crippen molar-refractivity contribution in [3.8, 4) is 0 Å². The van der Waals surface area contributed by atoms with Crippen LogP contribution in [0.3, 0.4) is 0 Å². The minimum atomic E-state index is -0.290. The SMILES string of the molecule is CN=C(N)c1cc(F)ccc1C. The van der Waals surface area contributed by atoms with Gasteiger partial charge in [-0.25, -0.2) is 4.39 Å². The number of aryl methyl sites for hydroxylation is 1. The molecule has 0 atom stereocenters. The third-order valence-corrected chi connectivity index (χ3v) is 1.72. The van der Waals surface area contributed by atoms with Gasteiger partial charge < -0.3 is 5.73 Å². The normalized spacial score (nSPS) is 11.8. The van der Waals surface area contributed by atoms with Gasteiger partial charge in [-0.15, -0.1) is 0 Å². The van der Waals surface area contributed by atoms with Crippen molar-refractivity contribution in [2.75, 3.05) is 7.05 Å². The molecule has 1 aromatic carbocycles. The summed E-state index contributed by atoms with van der Waals surface area (Å²) in [6, 6.07) is 4.47. The lowest BCUT2D eigenvalue weighted by Gasteiger charge is -2.03. The molecule has 0 unspecified atom stereocenters. The fraction of sp³-hybridized carbons (Fsp3) is 0.222. The Morgan fingerprint density at radius 1 is 1.50 bits per heavy atom. The number of rotatable bonds is 1. The molecule has 0 aliphatic rings. The van der Waals surface area contributed by atoms with Gasteiger partial charge in [0.2, 0.25) is 0 Å². The van der Waals surface area contributed by atoms with E-state index < -0.39 is 0 Å². The van der Waals surface area contributed by atoms with Gasteiger partial charge in [0.05, 0.1) is 0 Å². The molecule has 0 spiro atoms. The maximum Gasteiger partial charge on any atom is 0.125 e. The third-order valence-electron chi connectivity index (χ3n) is 1.72. The minimum absolute atomic E-state index is 0.290. The Bertz CT molecular complexity index is 318. The summed E-state index contributed by atoms with van der Waals surface area (Å²) in [7, 11) is 1.58. The van der Waals surface area contributed by atoms with Crippen molar-refractivity contribution in [2.45, 2.75) is 6.92 Å². The van der Waals surface area contributed by atoms with Crippen molar-refractivity contribution in [1.82, 2.24) is 0 Å². The van der Waals surface area contributed by atoms with E-state index in [2.05, 4.69) is 4.99 Å². The highest BCUT2D eigenvalue weighted by molar-refractivity contribution is 5.98. The zero-order chi connectivity index (χ0) is 9.14. The summed E-state index contributed by atoms with van der Waals surface area (Å²) in [5.74, 6) is 0.0780. The summed E-state index contributed by atoms with van der Waals surface area (Å²) < 4.78 is 12.7. The highest BCUT2D eigenvalue weighted by Gasteiger charge is 2.02. The number of amidine groups is 1. The predicted molar refractivity (Wildman–Crippen MR) is 47.8 cm³/mol. The van der Waals surface area contributed by atoms with Gasteiger partial charge in [0.15, 0.2) is 0 Å². The van der Waals surface area contributed by atoms with Gasteiger partial charge in [-0.3, -0.25) is 4.99 Å².